The van der Waals surface area contributed by atoms with E-state index in [1.165, 1.54) is 13.2 Å². The Kier molecular flexibility index (Phi) is 2.73. The number of halogens is 3. The van der Waals surface area contributed by atoms with Crippen molar-refractivity contribution in [3.8, 4) is 5.75 Å². The number of amides is 1. The maximum absolute atomic E-state index is 12.3. The lowest BCUT2D eigenvalue weighted by Gasteiger charge is -2.18. The molecule has 0 bridgehead atoms. The number of methoxy groups -OCH3 is 1. The lowest BCUT2D eigenvalue weighted by molar-refractivity contribution is -0.170. The molecule has 2 rings (SSSR count). The second kappa shape index (κ2) is 3.94. The van der Waals surface area contributed by atoms with Crippen LogP contribution in [0.3, 0.4) is 0 Å². The summed E-state index contributed by atoms with van der Waals surface area (Å²) in [7, 11) is 1.48. The molecule has 1 aliphatic heterocycles. The smallest absolute Gasteiger partial charge is 0.471 e. The summed E-state index contributed by atoms with van der Waals surface area (Å²) in [6.45, 7) is 0.0564. The Morgan fingerprint density at radius 1 is 1.41 bits per heavy atom. The van der Waals surface area contributed by atoms with Crippen LogP contribution in [-0.2, 0) is 11.2 Å². The van der Waals surface area contributed by atoms with Crippen LogP contribution in [0.1, 0.15) is 5.56 Å². The normalized spacial score (nSPS) is 14.7. The minimum absolute atomic E-state index is 0.0564. The first-order valence-corrected chi connectivity index (χ1v) is 4.99. The SMILES string of the molecule is COc1ccc2c(c1)CCN2C(=O)C(F)(F)F. The fourth-order valence-electron chi connectivity index (χ4n) is 1.87. The molecule has 0 fully saturated rings. The second-order valence-electron chi connectivity index (χ2n) is 3.70. The zero-order valence-electron chi connectivity index (χ0n) is 9.04. The summed E-state index contributed by atoms with van der Waals surface area (Å²) in [5, 5.41) is 0. The lowest BCUT2D eigenvalue weighted by atomic mass is 10.1. The number of ether oxygens (including phenoxy) is 1. The molecule has 0 aliphatic carbocycles. The molecule has 3 nitrogen and oxygen atoms in total. The van der Waals surface area contributed by atoms with Crippen LogP contribution < -0.4 is 9.64 Å². The maximum atomic E-state index is 12.3. The van der Waals surface area contributed by atoms with E-state index in [4.69, 9.17) is 4.74 Å². The third-order valence-corrected chi connectivity index (χ3v) is 2.67. The molecule has 1 aliphatic rings. The Bertz CT molecular complexity index is 457. The standard InChI is InChI=1S/C11H10F3NO2/c1-17-8-2-3-9-7(6-8)4-5-15(9)10(16)11(12,13)14/h2-3,6H,4-5H2,1H3. The van der Waals surface area contributed by atoms with Gasteiger partial charge in [0.1, 0.15) is 5.75 Å². The topological polar surface area (TPSA) is 29.5 Å². The van der Waals surface area contributed by atoms with Crippen molar-refractivity contribution in [1.82, 2.24) is 0 Å². The molecule has 0 N–H and O–H groups in total. The Labute approximate surface area is 95.8 Å². The third-order valence-electron chi connectivity index (χ3n) is 2.67. The van der Waals surface area contributed by atoms with Gasteiger partial charge in [-0.15, -0.1) is 0 Å². The Balaban J connectivity index is 2.32. The first-order chi connectivity index (χ1) is 7.93. The number of carbonyl (C=O) groups excluding carboxylic acids is 1. The average Bonchev–Trinajstić information content (AvgIpc) is 2.69. The maximum Gasteiger partial charge on any atom is 0.471 e. The van der Waals surface area contributed by atoms with E-state index < -0.39 is 12.1 Å². The van der Waals surface area contributed by atoms with Crippen molar-refractivity contribution in [2.75, 3.05) is 18.6 Å². The lowest BCUT2D eigenvalue weighted by Crippen LogP contribution is -2.40. The van der Waals surface area contributed by atoms with Gasteiger partial charge in [0.2, 0.25) is 0 Å². The largest absolute Gasteiger partial charge is 0.497 e. The summed E-state index contributed by atoms with van der Waals surface area (Å²) in [6.07, 6.45) is -4.42. The zero-order valence-corrected chi connectivity index (χ0v) is 9.04. The van der Waals surface area contributed by atoms with Gasteiger partial charge < -0.3 is 9.64 Å². The van der Waals surface area contributed by atoms with Crippen LogP contribution in [0, 0.1) is 0 Å². The van der Waals surface area contributed by atoms with E-state index >= 15 is 0 Å². The Hall–Kier alpha value is -1.72. The Morgan fingerprint density at radius 2 is 2.12 bits per heavy atom. The highest BCUT2D eigenvalue weighted by atomic mass is 19.4. The minimum atomic E-state index is -4.83. The van der Waals surface area contributed by atoms with E-state index in [0.29, 0.717) is 23.4 Å². The van der Waals surface area contributed by atoms with Crippen LogP contribution in [0.5, 0.6) is 5.75 Å². The van der Waals surface area contributed by atoms with Crippen molar-refractivity contribution in [3.05, 3.63) is 23.8 Å². The number of nitrogens with zero attached hydrogens (tertiary/aromatic N) is 1. The number of alkyl halides is 3. The van der Waals surface area contributed by atoms with E-state index in [-0.39, 0.29) is 6.54 Å². The van der Waals surface area contributed by atoms with Crippen LogP contribution in [-0.4, -0.2) is 25.7 Å². The van der Waals surface area contributed by atoms with Crippen molar-refractivity contribution in [1.29, 1.82) is 0 Å². The Morgan fingerprint density at radius 3 is 2.71 bits per heavy atom. The van der Waals surface area contributed by atoms with Crippen LogP contribution >= 0.6 is 0 Å². The number of hydrogen-bond acceptors (Lipinski definition) is 2. The van der Waals surface area contributed by atoms with Crippen LogP contribution in [0.25, 0.3) is 0 Å². The second-order valence-corrected chi connectivity index (χ2v) is 3.70. The van der Waals surface area contributed by atoms with E-state index in [2.05, 4.69) is 0 Å². The summed E-state index contributed by atoms with van der Waals surface area (Å²) in [5.74, 6) is -1.24. The van der Waals surface area contributed by atoms with Gasteiger partial charge in [0.25, 0.3) is 0 Å². The quantitative estimate of drug-likeness (QED) is 0.758. The molecule has 0 saturated heterocycles. The predicted octanol–water partition coefficient (Wildman–Crippen LogP) is 2.15. The van der Waals surface area contributed by atoms with Crippen LogP contribution in [0.2, 0.25) is 0 Å². The van der Waals surface area contributed by atoms with Gasteiger partial charge in [-0.2, -0.15) is 13.2 Å². The molecule has 0 spiro atoms. The van der Waals surface area contributed by atoms with Crippen molar-refractivity contribution < 1.29 is 22.7 Å². The van der Waals surface area contributed by atoms with Gasteiger partial charge in [-0.25, -0.2) is 0 Å². The third kappa shape index (κ3) is 2.07. The van der Waals surface area contributed by atoms with Crippen molar-refractivity contribution in [2.45, 2.75) is 12.6 Å². The fraction of sp³-hybridized carbons (Fsp3) is 0.364. The van der Waals surface area contributed by atoms with Crippen molar-refractivity contribution in [2.24, 2.45) is 0 Å². The van der Waals surface area contributed by atoms with Gasteiger partial charge in [-0.05, 0) is 30.2 Å². The molecule has 17 heavy (non-hydrogen) atoms. The summed E-state index contributed by atoms with van der Waals surface area (Å²) in [6, 6.07) is 4.67. The van der Waals surface area contributed by atoms with E-state index in [0.717, 1.165) is 4.90 Å². The highest BCUT2D eigenvalue weighted by molar-refractivity contribution is 5.99. The molecule has 92 valence electrons. The van der Waals surface area contributed by atoms with Gasteiger partial charge >= 0.3 is 12.1 Å². The first kappa shape index (κ1) is 11.8. The summed E-state index contributed by atoms with van der Waals surface area (Å²) >= 11 is 0. The van der Waals surface area contributed by atoms with E-state index in [9.17, 15) is 18.0 Å². The van der Waals surface area contributed by atoms with Crippen LogP contribution in [0.4, 0.5) is 18.9 Å². The van der Waals surface area contributed by atoms with E-state index in [1.54, 1.807) is 12.1 Å². The monoisotopic (exact) mass is 245 g/mol. The summed E-state index contributed by atoms with van der Waals surface area (Å²) < 4.78 is 42.0. The summed E-state index contributed by atoms with van der Waals surface area (Å²) in [4.78, 5) is 11.9. The average molecular weight is 245 g/mol. The van der Waals surface area contributed by atoms with Gasteiger partial charge in [0.05, 0.1) is 7.11 Å². The van der Waals surface area contributed by atoms with Gasteiger partial charge in [-0.3, -0.25) is 4.79 Å². The molecule has 0 unspecified atom stereocenters. The first-order valence-electron chi connectivity index (χ1n) is 4.99. The molecule has 6 heteroatoms. The number of carbonyl (C=O) groups is 1. The highest BCUT2D eigenvalue weighted by Gasteiger charge is 2.44. The van der Waals surface area contributed by atoms with Gasteiger partial charge in [0, 0.05) is 12.2 Å². The van der Waals surface area contributed by atoms with Crippen molar-refractivity contribution in [3.63, 3.8) is 0 Å². The number of anilines is 1. The molecule has 1 heterocycles. The zero-order chi connectivity index (χ0) is 12.6. The van der Waals surface area contributed by atoms with Gasteiger partial charge in [-0.1, -0.05) is 0 Å². The number of fused-ring (bicyclic) bond motifs is 1. The van der Waals surface area contributed by atoms with Crippen molar-refractivity contribution >= 4 is 11.6 Å². The number of rotatable bonds is 1. The molecule has 1 aromatic carbocycles. The molecule has 0 atom stereocenters. The molecular formula is C11H10F3NO2. The summed E-state index contributed by atoms with van der Waals surface area (Å²) in [5.41, 5.74) is 1.01. The highest BCUT2D eigenvalue weighted by Crippen LogP contribution is 2.33. The fourth-order valence-corrected chi connectivity index (χ4v) is 1.87. The minimum Gasteiger partial charge on any atom is -0.497 e. The number of benzene rings is 1. The molecule has 1 amide bonds. The van der Waals surface area contributed by atoms with Gasteiger partial charge in [0.15, 0.2) is 0 Å². The van der Waals surface area contributed by atoms with E-state index in [1.807, 2.05) is 0 Å². The molecule has 0 saturated carbocycles. The number of hydrogen-bond donors (Lipinski definition) is 0. The molecule has 1 aromatic rings. The van der Waals surface area contributed by atoms with Crippen LogP contribution in [0.15, 0.2) is 18.2 Å². The molecule has 0 radical (unpaired) electrons. The molecule has 0 aromatic heterocycles. The molecular weight excluding hydrogens is 235 g/mol. The predicted molar refractivity (Wildman–Crippen MR) is 55.1 cm³/mol.